The van der Waals surface area contributed by atoms with Crippen molar-refractivity contribution in [2.24, 2.45) is 5.73 Å². The van der Waals surface area contributed by atoms with Crippen molar-refractivity contribution in [3.05, 3.63) is 34.1 Å². The van der Waals surface area contributed by atoms with Gasteiger partial charge in [0, 0.05) is 10.0 Å². The van der Waals surface area contributed by atoms with Gasteiger partial charge in [-0.2, -0.15) is 0 Å². The highest BCUT2D eigenvalue weighted by molar-refractivity contribution is 9.10. The van der Waals surface area contributed by atoms with E-state index >= 15 is 0 Å². The Morgan fingerprint density at radius 1 is 1.54 bits per heavy atom. The molecule has 1 nitrogen and oxygen atoms in total. The molecule has 0 radical (unpaired) electrons. The number of hydrogen-bond acceptors (Lipinski definition) is 1. The minimum absolute atomic E-state index is 0.247. The average molecular weight is 246 g/mol. The maximum absolute atomic E-state index is 12.9. The third kappa shape index (κ3) is 2.29. The topological polar surface area (TPSA) is 26.0 Å². The van der Waals surface area contributed by atoms with Crippen molar-refractivity contribution in [3.8, 4) is 0 Å². The molecule has 0 aliphatic carbocycles. The lowest BCUT2D eigenvalue weighted by Crippen LogP contribution is -2.32. The average Bonchev–Trinajstić information content (AvgIpc) is 2.09. The molecular formula is C10H13BrFN. The van der Waals surface area contributed by atoms with E-state index in [0.29, 0.717) is 0 Å². The molecule has 0 unspecified atom stereocenters. The fourth-order valence-corrected chi connectivity index (χ4v) is 1.83. The summed E-state index contributed by atoms with van der Waals surface area (Å²) in [6.07, 6.45) is 0.773. The summed E-state index contributed by atoms with van der Waals surface area (Å²) in [5.74, 6) is -0.247. The van der Waals surface area contributed by atoms with Gasteiger partial charge in [-0.3, -0.25) is 0 Å². The first-order chi connectivity index (χ1) is 5.97. The van der Waals surface area contributed by atoms with Gasteiger partial charge in [-0.15, -0.1) is 0 Å². The Morgan fingerprint density at radius 2 is 2.15 bits per heavy atom. The maximum Gasteiger partial charge on any atom is 0.123 e. The summed E-state index contributed by atoms with van der Waals surface area (Å²) in [4.78, 5) is 0. The molecule has 0 amide bonds. The van der Waals surface area contributed by atoms with Gasteiger partial charge in [-0.05, 0) is 37.1 Å². The minimum Gasteiger partial charge on any atom is -0.322 e. The van der Waals surface area contributed by atoms with Crippen LogP contribution in [0.5, 0.6) is 0 Å². The number of benzene rings is 1. The van der Waals surface area contributed by atoms with Crippen molar-refractivity contribution in [2.45, 2.75) is 25.8 Å². The zero-order chi connectivity index (χ0) is 10.1. The summed E-state index contributed by atoms with van der Waals surface area (Å²) in [5, 5.41) is 0. The lowest BCUT2D eigenvalue weighted by Gasteiger charge is -2.24. The van der Waals surface area contributed by atoms with Gasteiger partial charge in [-0.1, -0.05) is 22.9 Å². The van der Waals surface area contributed by atoms with Crippen molar-refractivity contribution < 1.29 is 4.39 Å². The first-order valence-corrected chi connectivity index (χ1v) is 5.01. The third-order valence-electron chi connectivity index (χ3n) is 2.28. The quantitative estimate of drug-likeness (QED) is 0.852. The SMILES string of the molecule is CC[C@](C)(N)c1cc(F)ccc1Br. The Labute approximate surface area is 86.3 Å². The van der Waals surface area contributed by atoms with E-state index in [-0.39, 0.29) is 5.82 Å². The predicted octanol–water partition coefficient (Wildman–Crippen LogP) is 3.17. The Balaban J connectivity index is 3.20. The summed E-state index contributed by atoms with van der Waals surface area (Å²) in [6.45, 7) is 3.88. The van der Waals surface area contributed by atoms with Gasteiger partial charge >= 0.3 is 0 Å². The molecule has 72 valence electrons. The second kappa shape index (κ2) is 3.76. The first kappa shape index (κ1) is 10.7. The van der Waals surface area contributed by atoms with Crippen LogP contribution in [0.3, 0.4) is 0 Å². The summed E-state index contributed by atoms with van der Waals surface area (Å²) in [6, 6.07) is 4.58. The Hall–Kier alpha value is -0.410. The zero-order valence-electron chi connectivity index (χ0n) is 7.77. The molecule has 0 saturated heterocycles. The van der Waals surface area contributed by atoms with Crippen molar-refractivity contribution in [2.75, 3.05) is 0 Å². The number of rotatable bonds is 2. The molecule has 0 aliphatic rings. The minimum atomic E-state index is -0.471. The standard InChI is InChI=1S/C10H13BrFN/c1-3-10(2,13)8-6-7(12)4-5-9(8)11/h4-6H,3,13H2,1-2H3/t10-/m0/s1. The highest BCUT2D eigenvalue weighted by Crippen LogP contribution is 2.29. The monoisotopic (exact) mass is 245 g/mol. The van der Waals surface area contributed by atoms with Gasteiger partial charge in [0.1, 0.15) is 5.82 Å². The van der Waals surface area contributed by atoms with Crippen LogP contribution in [0.2, 0.25) is 0 Å². The molecule has 0 spiro atoms. The van der Waals surface area contributed by atoms with Gasteiger partial charge in [0.25, 0.3) is 0 Å². The molecule has 1 aromatic rings. The number of nitrogens with two attached hydrogens (primary N) is 1. The van der Waals surface area contributed by atoms with E-state index < -0.39 is 5.54 Å². The lowest BCUT2D eigenvalue weighted by molar-refractivity contribution is 0.470. The second-order valence-corrected chi connectivity index (χ2v) is 4.25. The molecule has 3 heteroatoms. The van der Waals surface area contributed by atoms with E-state index in [9.17, 15) is 4.39 Å². The second-order valence-electron chi connectivity index (χ2n) is 3.40. The van der Waals surface area contributed by atoms with Crippen LogP contribution in [0.4, 0.5) is 4.39 Å². The third-order valence-corrected chi connectivity index (χ3v) is 2.97. The molecule has 0 aromatic heterocycles. The van der Waals surface area contributed by atoms with E-state index in [4.69, 9.17) is 5.73 Å². The van der Waals surface area contributed by atoms with Gasteiger partial charge in [0.2, 0.25) is 0 Å². The largest absolute Gasteiger partial charge is 0.322 e. The molecular weight excluding hydrogens is 233 g/mol. The van der Waals surface area contributed by atoms with E-state index in [1.165, 1.54) is 12.1 Å². The molecule has 0 fully saturated rings. The van der Waals surface area contributed by atoms with E-state index in [1.54, 1.807) is 6.07 Å². The molecule has 0 heterocycles. The van der Waals surface area contributed by atoms with Crippen molar-refractivity contribution in [1.82, 2.24) is 0 Å². The number of hydrogen-bond donors (Lipinski definition) is 1. The molecule has 0 saturated carbocycles. The highest BCUT2D eigenvalue weighted by atomic mass is 79.9. The van der Waals surface area contributed by atoms with E-state index in [1.807, 2.05) is 13.8 Å². The fraction of sp³-hybridized carbons (Fsp3) is 0.400. The van der Waals surface area contributed by atoms with E-state index in [2.05, 4.69) is 15.9 Å². The fourth-order valence-electron chi connectivity index (χ4n) is 1.13. The van der Waals surface area contributed by atoms with Crippen molar-refractivity contribution in [1.29, 1.82) is 0 Å². The molecule has 0 aliphatic heterocycles. The predicted molar refractivity (Wildman–Crippen MR) is 55.9 cm³/mol. The van der Waals surface area contributed by atoms with Gasteiger partial charge in [0.15, 0.2) is 0 Å². The zero-order valence-corrected chi connectivity index (χ0v) is 9.36. The van der Waals surface area contributed by atoms with Crippen LogP contribution in [0.1, 0.15) is 25.8 Å². The van der Waals surface area contributed by atoms with Crippen LogP contribution in [0.15, 0.2) is 22.7 Å². The number of halogens is 2. The smallest absolute Gasteiger partial charge is 0.123 e. The summed E-state index contributed by atoms with van der Waals surface area (Å²) < 4.78 is 13.8. The van der Waals surface area contributed by atoms with Gasteiger partial charge < -0.3 is 5.73 Å². The van der Waals surface area contributed by atoms with E-state index in [0.717, 1.165) is 16.5 Å². The highest BCUT2D eigenvalue weighted by Gasteiger charge is 2.21. The Morgan fingerprint density at radius 3 is 2.69 bits per heavy atom. The molecule has 2 N–H and O–H groups in total. The summed E-state index contributed by atoms with van der Waals surface area (Å²) in [7, 11) is 0. The molecule has 1 rings (SSSR count). The van der Waals surface area contributed by atoms with Crippen LogP contribution in [-0.4, -0.2) is 0 Å². The van der Waals surface area contributed by atoms with Crippen LogP contribution in [-0.2, 0) is 5.54 Å². The molecule has 1 atom stereocenters. The normalized spacial score (nSPS) is 15.5. The van der Waals surface area contributed by atoms with Gasteiger partial charge in [-0.25, -0.2) is 4.39 Å². The van der Waals surface area contributed by atoms with Crippen LogP contribution >= 0.6 is 15.9 Å². The lowest BCUT2D eigenvalue weighted by atomic mass is 9.91. The summed E-state index contributed by atoms with van der Waals surface area (Å²) >= 11 is 3.36. The van der Waals surface area contributed by atoms with Crippen LogP contribution in [0, 0.1) is 5.82 Å². The Bertz CT molecular complexity index is 310. The Kier molecular flexibility index (Phi) is 3.09. The van der Waals surface area contributed by atoms with Gasteiger partial charge in [0.05, 0.1) is 0 Å². The summed E-state index contributed by atoms with van der Waals surface area (Å²) in [5.41, 5.74) is 6.35. The molecule has 13 heavy (non-hydrogen) atoms. The maximum atomic E-state index is 12.9. The molecule has 0 bridgehead atoms. The van der Waals surface area contributed by atoms with Crippen LogP contribution < -0.4 is 5.73 Å². The molecule has 1 aromatic carbocycles. The van der Waals surface area contributed by atoms with Crippen molar-refractivity contribution in [3.63, 3.8) is 0 Å². The first-order valence-electron chi connectivity index (χ1n) is 4.22. The van der Waals surface area contributed by atoms with Crippen molar-refractivity contribution >= 4 is 15.9 Å². The van der Waals surface area contributed by atoms with Crippen LogP contribution in [0.25, 0.3) is 0 Å².